The van der Waals surface area contributed by atoms with Crippen LogP contribution < -0.4 is 16.6 Å². The van der Waals surface area contributed by atoms with Gasteiger partial charge in [-0.25, -0.2) is 15.8 Å². The summed E-state index contributed by atoms with van der Waals surface area (Å²) >= 11 is 0. The van der Waals surface area contributed by atoms with Gasteiger partial charge in [-0.2, -0.15) is 0 Å². The Morgan fingerprint density at radius 1 is 1.30 bits per heavy atom. The van der Waals surface area contributed by atoms with Crippen LogP contribution in [0.3, 0.4) is 0 Å². The first kappa shape index (κ1) is 14.4. The average Bonchev–Trinajstić information content (AvgIpc) is 2.76. The van der Waals surface area contributed by atoms with Gasteiger partial charge in [0.1, 0.15) is 6.33 Å². The lowest BCUT2D eigenvalue weighted by Crippen LogP contribution is -2.15. The molecule has 4 N–H and O–H groups in total. The number of rotatable bonds is 5. The molecular weight excluding hydrogens is 260 g/mol. The average molecular weight is 280 g/mol. The van der Waals surface area contributed by atoms with Gasteiger partial charge in [-0.1, -0.05) is 27.7 Å². The maximum absolute atomic E-state index is 11.1. The zero-order valence-corrected chi connectivity index (χ0v) is 12.1. The topological polar surface area (TPSA) is 119 Å². The molecule has 0 spiro atoms. The fourth-order valence-electron chi connectivity index (χ4n) is 2.83. The summed E-state index contributed by atoms with van der Waals surface area (Å²) in [4.78, 5) is 18.3. The second-order valence-electron chi connectivity index (χ2n) is 6.20. The number of anilines is 2. The summed E-state index contributed by atoms with van der Waals surface area (Å²) in [6.07, 6.45) is 1.24. The van der Waals surface area contributed by atoms with Crippen LogP contribution in [0.2, 0.25) is 0 Å². The van der Waals surface area contributed by atoms with E-state index >= 15 is 0 Å². The number of hydrazine groups is 1. The van der Waals surface area contributed by atoms with Gasteiger partial charge in [-0.15, -0.1) is 0 Å². The highest BCUT2D eigenvalue weighted by molar-refractivity contribution is 5.68. The smallest absolute Gasteiger partial charge is 0.354 e. The van der Waals surface area contributed by atoms with E-state index in [2.05, 4.69) is 48.4 Å². The van der Waals surface area contributed by atoms with Crippen molar-refractivity contribution in [1.82, 2.24) is 9.97 Å². The second-order valence-corrected chi connectivity index (χ2v) is 6.20. The van der Waals surface area contributed by atoms with E-state index in [1.54, 1.807) is 0 Å². The molecule has 0 aliphatic heterocycles. The first-order chi connectivity index (χ1) is 9.23. The number of nitrogens with one attached hydrogen (secondary N) is 2. The molecule has 1 aromatic heterocycles. The molecule has 1 saturated carbocycles. The molecule has 0 aromatic carbocycles. The van der Waals surface area contributed by atoms with E-state index < -0.39 is 4.92 Å². The Bertz CT molecular complexity index is 529. The van der Waals surface area contributed by atoms with E-state index in [4.69, 9.17) is 5.84 Å². The van der Waals surface area contributed by atoms with Crippen LogP contribution in [0.4, 0.5) is 17.3 Å². The predicted molar refractivity (Wildman–Crippen MR) is 76.0 cm³/mol. The van der Waals surface area contributed by atoms with Crippen LogP contribution in [-0.2, 0) is 0 Å². The van der Waals surface area contributed by atoms with Gasteiger partial charge in [0.2, 0.25) is 11.6 Å². The zero-order chi connectivity index (χ0) is 15.1. The molecule has 0 saturated heterocycles. The predicted octanol–water partition coefficient (Wildman–Crippen LogP) is 1.76. The largest absolute Gasteiger partial charge is 0.364 e. The molecule has 2 rings (SSSR count). The minimum atomic E-state index is -0.541. The van der Waals surface area contributed by atoms with Crippen LogP contribution in [0.5, 0.6) is 0 Å². The first-order valence-corrected chi connectivity index (χ1v) is 6.43. The third-order valence-corrected chi connectivity index (χ3v) is 4.93. The van der Waals surface area contributed by atoms with Gasteiger partial charge in [-0.3, -0.25) is 10.1 Å². The fourth-order valence-corrected chi connectivity index (χ4v) is 2.83. The molecule has 8 nitrogen and oxygen atoms in total. The lowest BCUT2D eigenvalue weighted by atomic mass is 10.0. The minimum Gasteiger partial charge on any atom is -0.364 e. The Balaban J connectivity index is 2.17. The van der Waals surface area contributed by atoms with Crippen LogP contribution in [0.25, 0.3) is 0 Å². The number of hydrogen-bond acceptors (Lipinski definition) is 7. The van der Waals surface area contributed by atoms with Crippen molar-refractivity contribution in [2.75, 3.05) is 17.3 Å². The second kappa shape index (κ2) is 4.55. The van der Waals surface area contributed by atoms with Crippen molar-refractivity contribution >= 4 is 17.3 Å². The molecule has 0 amide bonds. The zero-order valence-electron chi connectivity index (χ0n) is 12.1. The third kappa shape index (κ3) is 2.05. The van der Waals surface area contributed by atoms with E-state index in [1.165, 1.54) is 6.33 Å². The molecule has 0 atom stereocenters. The van der Waals surface area contributed by atoms with Crippen molar-refractivity contribution < 1.29 is 4.92 Å². The van der Waals surface area contributed by atoms with Crippen molar-refractivity contribution in [3.05, 3.63) is 16.4 Å². The highest BCUT2D eigenvalue weighted by Gasteiger charge is 2.64. The monoisotopic (exact) mass is 280 g/mol. The molecular formula is C12H20N6O2. The van der Waals surface area contributed by atoms with E-state index in [0.717, 1.165) is 0 Å². The Hall–Kier alpha value is -1.96. The summed E-state index contributed by atoms with van der Waals surface area (Å²) in [5, 5.41) is 14.2. The number of nitrogens with zero attached hydrogens (tertiary/aromatic N) is 3. The molecule has 0 unspecified atom stereocenters. The third-order valence-electron chi connectivity index (χ3n) is 4.93. The van der Waals surface area contributed by atoms with Gasteiger partial charge in [-0.05, 0) is 16.7 Å². The molecule has 1 aliphatic carbocycles. The van der Waals surface area contributed by atoms with Crippen LogP contribution in [0.15, 0.2) is 6.33 Å². The van der Waals surface area contributed by atoms with Crippen molar-refractivity contribution in [3.63, 3.8) is 0 Å². The lowest BCUT2D eigenvalue weighted by Gasteiger charge is -2.08. The van der Waals surface area contributed by atoms with Crippen LogP contribution in [-0.4, -0.2) is 21.4 Å². The van der Waals surface area contributed by atoms with E-state index in [-0.39, 0.29) is 28.2 Å². The van der Waals surface area contributed by atoms with E-state index in [9.17, 15) is 10.1 Å². The molecule has 20 heavy (non-hydrogen) atoms. The quantitative estimate of drug-likeness (QED) is 0.427. The number of nitrogen functional groups attached to an aromatic ring is 1. The standard InChI is InChI=1S/C12H20N6O2/c1-11(2)7(12(11,3)4)5-14-9-8(18(19)20)10(17-13)16-6-15-9/h6-7H,5,13H2,1-4H3,(H2,14,15,16,17). The molecule has 1 aliphatic rings. The molecule has 1 heterocycles. The van der Waals surface area contributed by atoms with Gasteiger partial charge in [0.05, 0.1) is 4.92 Å². The number of nitrogens with two attached hydrogens (primary N) is 1. The molecule has 1 fully saturated rings. The van der Waals surface area contributed by atoms with E-state index in [1.807, 2.05) is 0 Å². The summed E-state index contributed by atoms with van der Waals surface area (Å²) in [5.41, 5.74) is 2.40. The SMILES string of the molecule is CC1(C)C(CNc2ncnc(NN)c2[N+](=O)[O-])C1(C)C. The number of hydrogen-bond donors (Lipinski definition) is 3. The Morgan fingerprint density at radius 3 is 2.30 bits per heavy atom. The van der Waals surface area contributed by atoms with Crippen molar-refractivity contribution in [2.24, 2.45) is 22.6 Å². The Morgan fingerprint density at radius 2 is 1.85 bits per heavy atom. The van der Waals surface area contributed by atoms with Crippen LogP contribution in [0, 0.1) is 26.9 Å². The molecule has 8 heteroatoms. The highest BCUT2D eigenvalue weighted by atomic mass is 16.6. The summed E-state index contributed by atoms with van der Waals surface area (Å²) in [6.45, 7) is 9.41. The van der Waals surface area contributed by atoms with Gasteiger partial charge in [0.15, 0.2) is 0 Å². The Kier molecular flexibility index (Phi) is 3.29. The maximum atomic E-state index is 11.1. The number of aromatic nitrogens is 2. The summed E-state index contributed by atoms with van der Waals surface area (Å²) in [7, 11) is 0. The fraction of sp³-hybridized carbons (Fsp3) is 0.667. The van der Waals surface area contributed by atoms with Crippen molar-refractivity contribution in [2.45, 2.75) is 27.7 Å². The van der Waals surface area contributed by atoms with Crippen molar-refractivity contribution in [3.8, 4) is 0 Å². The van der Waals surface area contributed by atoms with Crippen LogP contribution >= 0.6 is 0 Å². The summed E-state index contributed by atoms with van der Waals surface area (Å²) < 4.78 is 0. The van der Waals surface area contributed by atoms with Gasteiger partial charge in [0, 0.05) is 6.54 Å². The maximum Gasteiger partial charge on any atom is 0.354 e. The van der Waals surface area contributed by atoms with Gasteiger partial charge < -0.3 is 10.7 Å². The highest BCUT2D eigenvalue weighted by Crippen LogP contribution is 2.68. The van der Waals surface area contributed by atoms with Crippen molar-refractivity contribution in [1.29, 1.82) is 0 Å². The molecule has 0 radical (unpaired) electrons. The Labute approximate surface area is 117 Å². The lowest BCUT2D eigenvalue weighted by molar-refractivity contribution is -0.383. The van der Waals surface area contributed by atoms with Gasteiger partial charge in [0.25, 0.3) is 0 Å². The summed E-state index contributed by atoms with van der Waals surface area (Å²) in [5.74, 6) is 5.86. The minimum absolute atomic E-state index is 0.00168. The van der Waals surface area contributed by atoms with Gasteiger partial charge >= 0.3 is 5.69 Å². The molecule has 110 valence electrons. The van der Waals surface area contributed by atoms with E-state index in [0.29, 0.717) is 12.5 Å². The number of nitro groups is 1. The summed E-state index contributed by atoms with van der Waals surface area (Å²) in [6, 6.07) is 0. The first-order valence-electron chi connectivity index (χ1n) is 6.43. The molecule has 1 aromatic rings. The molecule has 0 bridgehead atoms. The normalized spacial score (nSPS) is 19.4. The van der Waals surface area contributed by atoms with Crippen LogP contribution in [0.1, 0.15) is 27.7 Å².